The van der Waals surface area contributed by atoms with Crippen LogP contribution in [0.15, 0.2) is 72.3 Å². The minimum atomic E-state index is -0.719. The second-order valence-electron chi connectivity index (χ2n) is 8.04. The molecule has 0 saturated heterocycles. The molecule has 162 valence electrons. The third-order valence-corrected chi connectivity index (χ3v) is 7.08. The van der Waals surface area contributed by atoms with E-state index >= 15 is 0 Å². The van der Waals surface area contributed by atoms with Crippen molar-refractivity contribution in [3.63, 3.8) is 0 Å². The summed E-state index contributed by atoms with van der Waals surface area (Å²) >= 11 is 7.22. The summed E-state index contributed by atoms with van der Waals surface area (Å²) in [4.78, 5) is 26.9. The van der Waals surface area contributed by atoms with Crippen LogP contribution in [0.1, 0.15) is 25.1 Å². The van der Waals surface area contributed by atoms with Crippen molar-refractivity contribution in [1.82, 2.24) is 4.57 Å². The molecule has 0 aliphatic carbocycles. The average Bonchev–Trinajstić information content (AvgIpc) is 2.98. The molecular formula is C24H18ClNO5S. The fourth-order valence-electron chi connectivity index (χ4n) is 4.16. The van der Waals surface area contributed by atoms with Crippen LogP contribution in [0.4, 0.5) is 0 Å². The normalized spacial score (nSPS) is 13.8. The summed E-state index contributed by atoms with van der Waals surface area (Å²) in [7, 11) is 1.54. The standard InChI is InChI=1S/C24H18ClNO5S/c1-24(2)15-9-12(25)7-8-16(15)26-18(24)11-17-19(22(26)28)20(27)21(23(29)31-17)32-14-6-4-5-13(10-14)30-3/h4-11,27H,1-3H3. The highest BCUT2D eigenvalue weighted by molar-refractivity contribution is 7.99. The number of hydrogen-bond acceptors (Lipinski definition) is 6. The lowest BCUT2D eigenvalue weighted by Gasteiger charge is -2.20. The topological polar surface area (TPSA) is 81.7 Å². The molecule has 1 N–H and O–H groups in total. The minimum Gasteiger partial charge on any atom is -0.505 e. The van der Waals surface area contributed by atoms with Gasteiger partial charge >= 0.3 is 5.63 Å². The summed E-state index contributed by atoms with van der Waals surface area (Å²) in [6.07, 6.45) is 0. The first kappa shape index (κ1) is 20.7. The van der Waals surface area contributed by atoms with Crippen molar-refractivity contribution in [2.24, 2.45) is 0 Å². The molecular weight excluding hydrogens is 450 g/mol. The van der Waals surface area contributed by atoms with Crippen molar-refractivity contribution in [3.8, 4) is 17.2 Å². The van der Waals surface area contributed by atoms with Crippen molar-refractivity contribution in [3.05, 3.63) is 85.6 Å². The van der Waals surface area contributed by atoms with Gasteiger partial charge in [0.15, 0.2) is 5.75 Å². The van der Waals surface area contributed by atoms with Crippen LogP contribution in [0.3, 0.4) is 0 Å². The molecule has 0 fully saturated rings. The van der Waals surface area contributed by atoms with E-state index in [0.29, 0.717) is 27.0 Å². The van der Waals surface area contributed by atoms with E-state index in [0.717, 1.165) is 17.3 Å². The van der Waals surface area contributed by atoms with Gasteiger partial charge in [-0.1, -0.05) is 43.3 Å². The maximum absolute atomic E-state index is 13.6. The monoisotopic (exact) mass is 467 g/mol. The van der Waals surface area contributed by atoms with Crippen LogP contribution in [0, 0.1) is 0 Å². The van der Waals surface area contributed by atoms with E-state index in [1.165, 1.54) is 0 Å². The van der Waals surface area contributed by atoms with E-state index in [4.69, 9.17) is 20.8 Å². The van der Waals surface area contributed by atoms with Crippen LogP contribution in [0.5, 0.6) is 11.5 Å². The maximum atomic E-state index is 13.6. The second-order valence-corrected chi connectivity index (χ2v) is 9.56. The van der Waals surface area contributed by atoms with E-state index in [9.17, 15) is 14.7 Å². The van der Waals surface area contributed by atoms with Gasteiger partial charge in [-0.15, -0.1) is 0 Å². The molecule has 0 radical (unpaired) electrons. The van der Waals surface area contributed by atoms with Gasteiger partial charge in [0.2, 0.25) is 0 Å². The first-order valence-corrected chi connectivity index (χ1v) is 11.0. The van der Waals surface area contributed by atoms with E-state index in [2.05, 4.69) is 0 Å². The summed E-state index contributed by atoms with van der Waals surface area (Å²) in [5.74, 6) is 0.208. The lowest BCUT2D eigenvalue weighted by atomic mass is 9.83. The lowest BCUT2D eigenvalue weighted by molar-refractivity contribution is 0.413. The average molecular weight is 468 g/mol. The zero-order valence-corrected chi connectivity index (χ0v) is 19.0. The van der Waals surface area contributed by atoms with Crippen LogP contribution >= 0.6 is 23.4 Å². The molecule has 0 saturated carbocycles. The Morgan fingerprint density at radius 1 is 1.12 bits per heavy atom. The second kappa shape index (κ2) is 7.18. The van der Waals surface area contributed by atoms with Crippen LogP contribution in [0.25, 0.3) is 16.7 Å². The third-order valence-electron chi connectivity index (χ3n) is 5.79. The predicted octanol–water partition coefficient (Wildman–Crippen LogP) is 5.10. The number of aromatic nitrogens is 1. The van der Waals surface area contributed by atoms with Gasteiger partial charge in [-0.05, 0) is 42.0 Å². The Balaban J connectivity index is 1.77. The van der Waals surface area contributed by atoms with Gasteiger partial charge in [0.05, 0.1) is 12.8 Å². The number of ether oxygens (including phenoxy) is 1. The van der Waals surface area contributed by atoms with Crippen LogP contribution in [-0.2, 0) is 5.41 Å². The fraction of sp³-hybridized carbons (Fsp3) is 0.167. The van der Waals surface area contributed by atoms with Gasteiger partial charge in [-0.2, -0.15) is 0 Å². The van der Waals surface area contributed by atoms with Gasteiger partial charge in [-0.3, -0.25) is 9.36 Å². The molecule has 0 unspecified atom stereocenters. The first-order chi connectivity index (χ1) is 15.2. The van der Waals surface area contributed by atoms with Crippen molar-refractivity contribution < 1.29 is 14.3 Å². The van der Waals surface area contributed by atoms with E-state index in [-0.39, 0.29) is 15.9 Å². The Morgan fingerprint density at radius 2 is 1.91 bits per heavy atom. The van der Waals surface area contributed by atoms with Crippen LogP contribution in [0.2, 0.25) is 5.02 Å². The first-order valence-electron chi connectivity index (χ1n) is 9.81. The van der Waals surface area contributed by atoms with E-state index < -0.39 is 22.3 Å². The molecule has 3 heterocycles. The molecule has 1 aliphatic heterocycles. The van der Waals surface area contributed by atoms with Crippen molar-refractivity contribution >= 4 is 34.3 Å². The third kappa shape index (κ3) is 2.96. The zero-order chi connectivity index (χ0) is 22.8. The Bertz CT molecular complexity index is 1540. The fourth-order valence-corrected chi connectivity index (χ4v) is 5.21. The number of methoxy groups -OCH3 is 1. The van der Waals surface area contributed by atoms with E-state index in [1.807, 2.05) is 19.9 Å². The number of pyridine rings is 1. The van der Waals surface area contributed by atoms with E-state index in [1.54, 1.807) is 54.1 Å². The lowest BCUT2D eigenvalue weighted by Crippen LogP contribution is -2.24. The maximum Gasteiger partial charge on any atom is 0.354 e. The number of fused-ring (bicyclic) bond motifs is 4. The molecule has 6 nitrogen and oxygen atoms in total. The quantitative estimate of drug-likeness (QED) is 0.451. The number of rotatable bonds is 3. The number of aromatic hydroxyl groups is 1. The van der Waals surface area contributed by atoms with Crippen molar-refractivity contribution in [1.29, 1.82) is 0 Å². The number of benzene rings is 2. The SMILES string of the molecule is COc1cccc(Sc2c(O)c3c(=O)n4c(cc3oc2=O)C(C)(C)c2cc(Cl)ccc2-4)c1. The zero-order valence-electron chi connectivity index (χ0n) is 17.4. The summed E-state index contributed by atoms with van der Waals surface area (Å²) in [6, 6.07) is 14.0. The van der Waals surface area contributed by atoms with Crippen LogP contribution < -0.4 is 15.9 Å². The summed E-state index contributed by atoms with van der Waals surface area (Å²) in [5.41, 5.74) is 0.548. The largest absolute Gasteiger partial charge is 0.505 e. The molecule has 0 spiro atoms. The molecule has 5 rings (SSSR count). The Labute approximate surface area is 192 Å². The smallest absolute Gasteiger partial charge is 0.354 e. The Morgan fingerprint density at radius 3 is 2.66 bits per heavy atom. The van der Waals surface area contributed by atoms with Gasteiger partial charge in [0.1, 0.15) is 21.6 Å². The molecule has 8 heteroatoms. The molecule has 1 aliphatic rings. The molecule has 0 amide bonds. The number of hydrogen-bond donors (Lipinski definition) is 1. The van der Waals surface area contributed by atoms with Gasteiger partial charge < -0.3 is 14.3 Å². The summed E-state index contributed by atoms with van der Waals surface area (Å²) in [5, 5.41) is 11.5. The summed E-state index contributed by atoms with van der Waals surface area (Å²) < 4.78 is 12.3. The molecule has 4 aromatic rings. The highest BCUT2D eigenvalue weighted by Gasteiger charge is 2.38. The highest BCUT2D eigenvalue weighted by atomic mass is 35.5. The number of nitrogens with zero attached hydrogens (tertiary/aromatic N) is 1. The van der Waals surface area contributed by atoms with Crippen molar-refractivity contribution in [2.75, 3.05) is 7.11 Å². The van der Waals surface area contributed by atoms with Gasteiger partial charge in [-0.25, -0.2) is 4.79 Å². The Hall–Kier alpha value is -3.16. The highest BCUT2D eigenvalue weighted by Crippen LogP contribution is 2.44. The molecule has 0 bridgehead atoms. The van der Waals surface area contributed by atoms with Gasteiger partial charge in [0, 0.05) is 27.1 Å². The number of halogens is 1. The minimum absolute atomic E-state index is 0.0441. The molecule has 2 aromatic carbocycles. The van der Waals surface area contributed by atoms with Crippen LogP contribution in [-0.4, -0.2) is 16.8 Å². The molecule has 0 atom stereocenters. The van der Waals surface area contributed by atoms with Gasteiger partial charge in [0.25, 0.3) is 5.56 Å². The molecule has 32 heavy (non-hydrogen) atoms. The van der Waals surface area contributed by atoms with Crippen molar-refractivity contribution in [2.45, 2.75) is 29.1 Å². The summed E-state index contributed by atoms with van der Waals surface area (Å²) in [6.45, 7) is 3.94. The Kier molecular flexibility index (Phi) is 4.65. The molecule has 2 aromatic heterocycles. The predicted molar refractivity (Wildman–Crippen MR) is 124 cm³/mol.